The van der Waals surface area contributed by atoms with E-state index in [4.69, 9.17) is 10.2 Å². The molecule has 0 aliphatic rings. The molecular formula is C13H13N5O. The van der Waals surface area contributed by atoms with Crippen molar-refractivity contribution in [3.05, 3.63) is 36.7 Å². The smallest absolute Gasteiger partial charge is 0.315 e. The second-order valence-corrected chi connectivity index (χ2v) is 4.07. The Morgan fingerprint density at radius 3 is 3.00 bits per heavy atom. The largest absolute Gasteiger partial charge is 0.403 e. The van der Waals surface area contributed by atoms with Crippen LogP contribution in [0.4, 0.5) is 6.01 Å². The van der Waals surface area contributed by atoms with Crippen molar-refractivity contribution in [2.75, 3.05) is 18.4 Å². The van der Waals surface area contributed by atoms with Gasteiger partial charge < -0.3 is 15.5 Å². The number of nitrogens with zero attached hydrogens (tertiary/aromatic N) is 3. The molecule has 96 valence electrons. The van der Waals surface area contributed by atoms with Gasteiger partial charge in [-0.25, -0.2) is 0 Å². The summed E-state index contributed by atoms with van der Waals surface area (Å²) in [6.45, 7) is 1.12. The van der Waals surface area contributed by atoms with Crippen molar-refractivity contribution in [3.63, 3.8) is 0 Å². The van der Waals surface area contributed by atoms with E-state index in [1.165, 1.54) is 0 Å². The molecule has 6 nitrogen and oxygen atoms in total. The van der Waals surface area contributed by atoms with Gasteiger partial charge in [-0.2, -0.15) is 0 Å². The quantitative estimate of drug-likeness (QED) is 0.736. The average Bonchev–Trinajstić information content (AvgIpc) is 2.93. The van der Waals surface area contributed by atoms with Crippen molar-refractivity contribution in [3.8, 4) is 11.5 Å². The number of fused-ring (bicyclic) bond motifs is 1. The van der Waals surface area contributed by atoms with Gasteiger partial charge in [-0.3, -0.25) is 4.98 Å². The molecule has 6 heteroatoms. The van der Waals surface area contributed by atoms with Crippen LogP contribution in [0.2, 0.25) is 0 Å². The number of hydrogen-bond donors (Lipinski definition) is 2. The minimum atomic E-state index is 0.385. The van der Waals surface area contributed by atoms with Gasteiger partial charge in [0.15, 0.2) is 0 Å². The minimum absolute atomic E-state index is 0.385. The Morgan fingerprint density at radius 2 is 2.11 bits per heavy atom. The highest BCUT2D eigenvalue weighted by Gasteiger charge is 2.08. The zero-order valence-corrected chi connectivity index (χ0v) is 10.2. The van der Waals surface area contributed by atoms with E-state index in [2.05, 4.69) is 20.5 Å². The second-order valence-electron chi connectivity index (χ2n) is 4.07. The van der Waals surface area contributed by atoms with Crippen molar-refractivity contribution < 1.29 is 4.42 Å². The third-order valence-electron chi connectivity index (χ3n) is 2.73. The van der Waals surface area contributed by atoms with Crippen molar-refractivity contribution >= 4 is 16.8 Å². The molecule has 0 amide bonds. The highest BCUT2D eigenvalue weighted by molar-refractivity contribution is 5.85. The van der Waals surface area contributed by atoms with Crippen LogP contribution in [0.5, 0.6) is 0 Å². The molecule has 0 saturated carbocycles. The Hall–Kier alpha value is -2.47. The first-order chi connectivity index (χ1) is 9.36. The summed E-state index contributed by atoms with van der Waals surface area (Å²) in [5.74, 6) is 0.484. The Labute approximate surface area is 109 Å². The van der Waals surface area contributed by atoms with Gasteiger partial charge in [-0.15, -0.1) is 5.10 Å². The summed E-state index contributed by atoms with van der Waals surface area (Å²) in [5.41, 5.74) is 6.28. The van der Waals surface area contributed by atoms with E-state index < -0.39 is 0 Å². The molecule has 3 aromatic rings. The fourth-order valence-electron chi connectivity index (χ4n) is 1.81. The van der Waals surface area contributed by atoms with Crippen LogP contribution in [0.3, 0.4) is 0 Å². The molecule has 19 heavy (non-hydrogen) atoms. The number of nitrogens with one attached hydrogen (secondary N) is 1. The van der Waals surface area contributed by atoms with Crippen LogP contribution in [0.15, 0.2) is 41.1 Å². The van der Waals surface area contributed by atoms with Crippen LogP contribution >= 0.6 is 0 Å². The topological polar surface area (TPSA) is 89.9 Å². The molecule has 2 aromatic heterocycles. The van der Waals surface area contributed by atoms with Crippen LogP contribution in [0.25, 0.3) is 22.2 Å². The third-order valence-corrected chi connectivity index (χ3v) is 2.73. The zero-order valence-electron chi connectivity index (χ0n) is 10.2. The van der Waals surface area contributed by atoms with Gasteiger partial charge in [0.25, 0.3) is 0 Å². The molecule has 0 radical (unpaired) electrons. The first-order valence-electron chi connectivity index (χ1n) is 5.98. The van der Waals surface area contributed by atoms with E-state index in [0.717, 1.165) is 16.3 Å². The summed E-state index contributed by atoms with van der Waals surface area (Å²) >= 11 is 0. The minimum Gasteiger partial charge on any atom is -0.403 e. The molecule has 1 aromatic carbocycles. The van der Waals surface area contributed by atoms with E-state index in [1.807, 2.05) is 30.5 Å². The highest BCUT2D eigenvalue weighted by atomic mass is 16.4. The SMILES string of the molecule is NCCNc1nnc(-c2ccc3cnccc3c2)o1. The summed E-state index contributed by atoms with van der Waals surface area (Å²) in [6.07, 6.45) is 3.58. The van der Waals surface area contributed by atoms with E-state index in [1.54, 1.807) is 6.20 Å². The van der Waals surface area contributed by atoms with Crippen LogP contribution < -0.4 is 11.1 Å². The summed E-state index contributed by atoms with van der Waals surface area (Å²) in [5, 5.41) is 13.0. The Balaban J connectivity index is 1.92. The second kappa shape index (κ2) is 5.03. The van der Waals surface area contributed by atoms with Gasteiger partial charge in [-0.1, -0.05) is 11.2 Å². The number of anilines is 1. The molecule has 0 aliphatic carbocycles. The number of hydrogen-bond acceptors (Lipinski definition) is 6. The summed E-state index contributed by atoms with van der Waals surface area (Å²) < 4.78 is 5.52. The maximum absolute atomic E-state index is 5.52. The van der Waals surface area contributed by atoms with Gasteiger partial charge in [0.05, 0.1) is 0 Å². The maximum Gasteiger partial charge on any atom is 0.315 e. The van der Waals surface area contributed by atoms with Crippen molar-refractivity contribution in [2.24, 2.45) is 5.73 Å². The predicted molar refractivity (Wildman–Crippen MR) is 72.6 cm³/mol. The lowest BCUT2D eigenvalue weighted by Gasteiger charge is -1.99. The van der Waals surface area contributed by atoms with E-state index in [0.29, 0.717) is 25.0 Å². The van der Waals surface area contributed by atoms with Crippen LogP contribution in [-0.4, -0.2) is 28.3 Å². The summed E-state index contributed by atoms with van der Waals surface area (Å²) in [4.78, 5) is 4.08. The first kappa shape index (κ1) is 11.6. The third kappa shape index (κ3) is 2.38. The fraction of sp³-hybridized carbons (Fsp3) is 0.154. The zero-order chi connectivity index (χ0) is 13.1. The van der Waals surface area contributed by atoms with Crippen molar-refractivity contribution in [2.45, 2.75) is 0 Å². The Morgan fingerprint density at radius 1 is 1.16 bits per heavy atom. The van der Waals surface area contributed by atoms with Crippen LogP contribution in [0.1, 0.15) is 0 Å². The number of nitrogens with two attached hydrogens (primary N) is 1. The molecule has 0 bridgehead atoms. The molecule has 0 saturated heterocycles. The van der Waals surface area contributed by atoms with Gasteiger partial charge in [-0.05, 0) is 23.6 Å². The monoisotopic (exact) mass is 255 g/mol. The molecule has 3 N–H and O–H groups in total. The predicted octanol–water partition coefficient (Wildman–Crippen LogP) is 1.66. The lowest BCUT2D eigenvalue weighted by Crippen LogP contribution is -2.13. The molecule has 0 aliphatic heterocycles. The van der Waals surface area contributed by atoms with Crippen molar-refractivity contribution in [1.29, 1.82) is 0 Å². The molecule has 0 spiro atoms. The molecule has 0 atom stereocenters. The van der Waals surface area contributed by atoms with Crippen LogP contribution in [-0.2, 0) is 0 Å². The fourth-order valence-corrected chi connectivity index (χ4v) is 1.81. The van der Waals surface area contributed by atoms with E-state index in [9.17, 15) is 0 Å². The van der Waals surface area contributed by atoms with Gasteiger partial charge in [0, 0.05) is 36.4 Å². The first-order valence-corrected chi connectivity index (χ1v) is 5.98. The molecular weight excluding hydrogens is 242 g/mol. The highest BCUT2D eigenvalue weighted by Crippen LogP contribution is 2.23. The van der Waals surface area contributed by atoms with Gasteiger partial charge in [0.1, 0.15) is 0 Å². The van der Waals surface area contributed by atoms with Gasteiger partial charge >= 0.3 is 6.01 Å². The normalized spacial score (nSPS) is 10.8. The molecule has 0 fully saturated rings. The number of rotatable bonds is 4. The van der Waals surface area contributed by atoms with E-state index in [-0.39, 0.29) is 0 Å². The lowest BCUT2D eigenvalue weighted by molar-refractivity contribution is 0.581. The molecule has 0 unspecified atom stereocenters. The van der Waals surface area contributed by atoms with E-state index >= 15 is 0 Å². The number of pyridine rings is 1. The lowest BCUT2D eigenvalue weighted by atomic mass is 10.1. The summed E-state index contributed by atoms with van der Waals surface area (Å²) in [7, 11) is 0. The molecule has 3 rings (SSSR count). The summed E-state index contributed by atoms with van der Waals surface area (Å²) in [6, 6.07) is 8.24. The standard InChI is InChI=1S/C13H13N5O/c14-4-6-16-13-18-17-12(19-13)10-1-2-11-8-15-5-3-9(11)7-10/h1-3,5,7-8H,4,6,14H2,(H,16,18). The van der Waals surface area contributed by atoms with Gasteiger partial charge in [0.2, 0.25) is 5.89 Å². The number of aromatic nitrogens is 3. The molecule has 2 heterocycles. The van der Waals surface area contributed by atoms with Crippen molar-refractivity contribution in [1.82, 2.24) is 15.2 Å². The average molecular weight is 255 g/mol. The Bertz CT molecular complexity index is 694. The van der Waals surface area contributed by atoms with Crippen LogP contribution in [0, 0.1) is 0 Å². The Kier molecular flexibility index (Phi) is 3.07. The maximum atomic E-state index is 5.52. The number of benzene rings is 1.